The highest BCUT2D eigenvalue weighted by atomic mass is 14.4. The summed E-state index contributed by atoms with van der Waals surface area (Å²) < 4.78 is 0. The number of rotatable bonds is 0. The molecule has 0 heterocycles. The van der Waals surface area contributed by atoms with Gasteiger partial charge in [-0.25, -0.2) is 0 Å². The largest absolute Gasteiger partial charge is 0.0613 e. The van der Waals surface area contributed by atoms with Gasteiger partial charge in [-0.1, -0.05) is 71.9 Å². The third kappa shape index (κ3) is 1.97. The Balaban J connectivity index is 2.26. The molecule has 1 aliphatic rings. The van der Waals surface area contributed by atoms with Crippen LogP contribution in [0.1, 0.15) is 64.2 Å². The van der Waals surface area contributed by atoms with Gasteiger partial charge in [-0.15, -0.1) is 0 Å². The quantitative estimate of drug-likeness (QED) is 0.563. The maximum atomic E-state index is 2.37. The summed E-state index contributed by atoms with van der Waals surface area (Å²) in [6.07, 6.45) is 1.24. The van der Waals surface area contributed by atoms with Gasteiger partial charge in [0.25, 0.3) is 0 Å². The highest BCUT2D eigenvalue weighted by Crippen LogP contribution is 2.50. The monoisotopic (exact) mass is 266 g/mol. The van der Waals surface area contributed by atoms with Crippen molar-refractivity contribution in [2.45, 2.75) is 59.3 Å². The molecule has 0 spiro atoms. The third-order valence-corrected chi connectivity index (χ3v) is 4.82. The minimum atomic E-state index is 0.203. The summed E-state index contributed by atoms with van der Waals surface area (Å²) in [6, 6.07) is 11.5. The Labute approximate surface area is 123 Å². The number of hydrogen-bond acceptors (Lipinski definition) is 0. The minimum absolute atomic E-state index is 0.203. The molecular weight excluding hydrogens is 240 g/mol. The van der Waals surface area contributed by atoms with Gasteiger partial charge in [0.2, 0.25) is 0 Å². The number of hydrogen-bond donors (Lipinski definition) is 0. The van der Waals surface area contributed by atoms with E-state index in [4.69, 9.17) is 0 Å². The maximum absolute atomic E-state index is 2.37. The van der Waals surface area contributed by atoms with Gasteiger partial charge in [0, 0.05) is 0 Å². The Hall–Kier alpha value is -1.30. The van der Waals surface area contributed by atoms with Crippen molar-refractivity contribution in [3.05, 3.63) is 47.0 Å². The first-order valence-electron chi connectivity index (χ1n) is 7.74. The lowest BCUT2D eigenvalue weighted by atomic mass is 9.63. The minimum Gasteiger partial charge on any atom is -0.0613 e. The van der Waals surface area contributed by atoms with E-state index in [-0.39, 0.29) is 5.41 Å². The molecule has 0 saturated carbocycles. The van der Waals surface area contributed by atoms with E-state index in [1.54, 1.807) is 11.1 Å². The summed E-state index contributed by atoms with van der Waals surface area (Å²) in [6.45, 7) is 14.0. The molecule has 106 valence electrons. The van der Waals surface area contributed by atoms with Crippen molar-refractivity contribution in [1.82, 2.24) is 0 Å². The van der Waals surface area contributed by atoms with Crippen LogP contribution in [0.4, 0.5) is 0 Å². The Bertz CT molecular complexity index is 663. The maximum Gasteiger partial charge on any atom is -0.00638 e. The molecular formula is C20H26. The van der Waals surface area contributed by atoms with Gasteiger partial charge in [-0.05, 0) is 50.6 Å². The molecule has 2 aromatic carbocycles. The fraction of sp³-hybridized carbons (Fsp3) is 0.500. The Morgan fingerprint density at radius 3 is 2.15 bits per heavy atom. The van der Waals surface area contributed by atoms with Crippen LogP contribution in [0.25, 0.3) is 10.8 Å². The van der Waals surface area contributed by atoms with Crippen molar-refractivity contribution < 1.29 is 0 Å². The van der Waals surface area contributed by atoms with E-state index >= 15 is 0 Å². The van der Waals surface area contributed by atoms with Crippen molar-refractivity contribution >= 4 is 10.8 Å². The van der Waals surface area contributed by atoms with Gasteiger partial charge in [0.15, 0.2) is 0 Å². The molecule has 2 aromatic rings. The topological polar surface area (TPSA) is 0 Å². The number of benzene rings is 2. The van der Waals surface area contributed by atoms with Crippen LogP contribution < -0.4 is 0 Å². The molecule has 1 unspecified atom stereocenters. The highest BCUT2D eigenvalue weighted by Gasteiger charge is 2.37. The van der Waals surface area contributed by atoms with E-state index in [0.717, 1.165) is 0 Å². The molecule has 0 saturated heterocycles. The Kier molecular flexibility index (Phi) is 2.80. The van der Waals surface area contributed by atoms with Gasteiger partial charge in [0.05, 0.1) is 0 Å². The lowest BCUT2D eigenvalue weighted by molar-refractivity contribution is 0.294. The summed E-state index contributed by atoms with van der Waals surface area (Å²) in [7, 11) is 0. The van der Waals surface area contributed by atoms with E-state index in [0.29, 0.717) is 11.3 Å². The van der Waals surface area contributed by atoms with E-state index in [2.05, 4.69) is 71.9 Å². The van der Waals surface area contributed by atoms with Gasteiger partial charge >= 0.3 is 0 Å². The molecule has 1 aliphatic carbocycles. The fourth-order valence-corrected chi connectivity index (χ4v) is 3.60. The molecule has 0 amide bonds. The molecule has 0 nitrogen and oxygen atoms in total. The van der Waals surface area contributed by atoms with Crippen molar-refractivity contribution in [3.63, 3.8) is 0 Å². The molecule has 0 fully saturated rings. The SMILES string of the molecule is CC(C)(C)c1cccc2c3c(ccc12)CC3C(C)(C)C. The normalized spacial score (nSPS) is 18.8. The van der Waals surface area contributed by atoms with Crippen molar-refractivity contribution in [2.75, 3.05) is 0 Å². The van der Waals surface area contributed by atoms with Gasteiger partial charge in [-0.3, -0.25) is 0 Å². The van der Waals surface area contributed by atoms with Crippen LogP contribution in [-0.4, -0.2) is 0 Å². The van der Waals surface area contributed by atoms with E-state index < -0.39 is 0 Å². The molecule has 3 rings (SSSR count). The van der Waals surface area contributed by atoms with Crippen LogP contribution in [0.2, 0.25) is 0 Å². The third-order valence-electron chi connectivity index (χ3n) is 4.82. The van der Waals surface area contributed by atoms with Crippen LogP contribution in [-0.2, 0) is 11.8 Å². The highest BCUT2D eigenvalue weighted by molar-refractivity contribution is 5.92. The smallest absolute Gasteiger partial charge is 0.00638 e. The van der Waals surface area contributed by atoms with E-state index in [9.17, 15) is 0 Å². The molecule has 0 aliphatic heterocycles. The lowest BCUT2D eigenvalue weighted by Gasteiger charge is -2.41. The number of fused-ring (bicyclic) bond motifs is 3. The predicted octanol–water partition coefficient (Wildman–Crippen LogP) is 5.82. The molecule has 20 heavy (non-hydrogen) atoms. The van der Waals surface area contributed by atoms with Gasteiger partial charge in [0.1, 0.15) is 0 Å². The molecule has 1 atom stereocenters. The van der Waals surface area contributed by atoms with E-state index in [1.807, 2.05) is 0 Å². The zero-order valence-electron chi connectivity index (χ0n) is 13.7. The van der Waals surface area contributed by atoms with Crippen LogP contribution in [0.3, 0.4) is 0 Å². The first-order valence-corrected chi connectivity index (χ1v) is 7.74. The van der Waals surface area contributed by atoms with Crippen molar-refractivity contribution in [2.24, 2.45) is 5.41 Å². The van der Waals surface area contributed by atoms with Crippen LogP contribution in [0.15, 0.2) is 30.3 Å². The fourth-order valence-electron chi connectivity index (χ4n) is 3.60. The summed E-state index contributed by atoms with van der Waals surface area (Å²) in [4.78, 5) is 0. The summed E-state index contributed by atoms with van der Waals surface area (Å²) in [5.41, 5.74) is 5.20. The Morgan fingerprint density at radius 1 is 0.850 bits per heavy atom. The first-order chi connectivity index (χ1) is 9.19. The second-order valence-corrected chi connectivity index (χ2v) is 8.41. The lowest BCUT2D eigenvalue weighted by Crippen LogP contribution is -2.29. The molecule has 0 heteroatoms. The summed E-state index contributed by atoms with van der Waals surface area (Å²) in [5.74, 6) is 0.705. The molecule has 0 radical (unpaired) electrons. The predicted molar refractivity (Wildman–Crippen MR) is 88.5 cm³/mol. The van der Waals surface area contributed by atoms with Crippen LogP contribution in [0, 0.1) is 5.41 Å². The zero-order valence-corrected chi connectivity index (χ0v) is 13.7. The zero-order chi connectivity index (χ0) is 14.7. The van der Waals surface area contributed by atoms with Crippen LogP contribution >= 0.6 is 0 Å². The average Bonchev–Trinajstić information content (AvgIpc) is 2.25. The first kappa shape index (κ1) is 13.7. The van der Waals surface area contributed by atoms with Crippen LogP contribution in [0.5, 0.6) is 0 Å². The molecule has 0 bridgehead atoms. The van der Waals surface area contributed by atoms with Gasteiger partial charge < -0.3 is 0 Å². The second-order valence-electron chi connectivity index (χ2n) is 8.41. The standard InChI is InChI=1S/C20H26/c1-19(2,3)16-9-7-8-15-14(16)11-10-13-12-17(18(13)15)20(4,5)6/h7-11,17H,12H2,1-6H3. The average molecular weight is 266 g/mol. The summed E-state index contributed by atoms with van der Waals surface area (Å²) in [5, 5.41) is 2.94. The second kappa shape index (κ2) is 4.10. The van der Waals surface area contributed by atoms with E-state index in [1.165, 1.54) is 22.8 Å². The molecule has 0 N–H and O–H groups in total. The van der Waals surface area contributed by atoms with Crippen molar-refractivity contribution in [3.8, 4) is 0 Å². The Morgan fingerprint density at radius 2 is 1.55 bits per heavy atom. The molecule has 0 aromatic heterocycles. The summed E-state index contributed by atoms with van der Waals surface area (Å²) >= 11 is 0. The van der Waals surface area contributed by atoms with Gasteiger partial charge in [-0.2, -0.15) is 0 Å². The van der Waals surface area contributed by atoms with Crippen molar-refractivity contribution in [1.29, 1.82) is 0 Å².